The van der Waals surface area contributed by atoms with E-state index in [1.807, 2.05) is 30.3 Å². The maximum atomic E-state index is 12.2. The van der Waals surface area contributed by atoms with Gasteiger partial charge in [0.05, 0.1) is 12.1 Å². The van der Waals surface area contributed by atoms with E-state index in [1.165, 1.54) is 12.4 Å². The summed E-state index contributed by atoms with van der Waals surface area (Å²) < 4.78 is 0. The highest BCUT2D eigenvalue weighted by Crippen LogP contribution is 2.26. The molecule has 0 saturated carbocycles. The third-order valence-corrected chi connectivity index (χ3v) is 3.84. The number of aliphatic hydroxyl groups excluding tert-OH is 1. The average molecular weight is 307 g/mol. The van der Waals surface area contributed by atoms with E-state index in [2.05, 4.69) is 10.6 Å². The predicted octanol–water partition coefficient (Wildman–Crippen LogP) is -0.149. The average Bonchev–Trinajstić information content (AvgIpc) is 3.02. The van der Waals surface area contributed by atoms with Gasteiger partial charge in [-0.05, 0) is 25.3 Å². The summed E-state index contributed by atoms with van der Waals surface area (Å²) in [4.78, 5) is 23.6. The van der Waals surface area contributed by atoms with Gasteiger partial charge in [0, 0.05) is 6.04 Å². The molecule has 1 aromatic rings. The molecule has 0 bridgehead atoms. The lowest BCUT2D eigenvalue weighted by atomic mass is 10.1. The predicted molar refractivity (Wildman–Crippen MR) is 78.9 cm³/mol. The van der Waals surface area contributed by atoms with Gasteiger partial charge in [-0.2, -0.15) is 0 Å². The summed E-state index contributed by atoms with van der Waals surface area (Å²) in [6.45, 7) is 1.37. The zero-order valence-corrected chi connectivity index (χ0v) is 12.3. The van der Waals surface area contributed by atoms with Crippen molar-refractivity contribution in [2.45, 2.75) is 44.0 Å². The molecule has 7 heteroatoms. The second-order valence-electron chi connectivity index (χ2n) is 5.46. The Hall–Kier alpha value is -1.96. The Morgan fingerprint density at radius 1 is 1.27 bits per heavy atom. The third-order valence-electron chi connectivity index (χ3n) is 3.84. The molecule has 7 nitrogen and oxygen atoms in total. The van der Waals surface area contributed by atoms with E-state index in [1.54, 1.807) is 0 Å². The van der Waals surface area contributed by atoms with E-state index in [0.29, 0.717) is 6.42 Å². The SMILES string of the molecule is C[C@@H](O)[C@H](NC(=O)C1CC[C@@H](c2ccccc2)N1)C(=O)NO. The van der Waals surface area contributed by atoms with E-state index < -0.39 is 24.1 Å². The minimum atomic E-state index is -1.19. The molecule has 1 aliphatic heterocycles. The largest absolute Gasteiger partial charge is 0.391 e. The minimum absolute atomic E-state index is 0.0913. The van der Waals surface area contributed by atoms with E-state index in [0.717, 1.165) is 12.0 Å². The first-order valence-corrected chi connectivity index (χ1v) is 7.26. The lowest BCUT2D eigenvalue weighted by Gasteiger charge is -2.22. The molecule has 4 atom stereocenters. The fourth-order valence-electron chi connectivity index (χ4n) is 2.63. The number of benzene rings is 1. The lowest BCUT2D eigenvalue weighted by Crippen LogP contribution is -2.55. The van der Waals surface area contributed by atoms with Gasteiger partial charge in [0.1, 0.15) is 6.04 Å². The van der Waals surface area contributed by atoms with Gasteiger partial charge in [-0.3, -0.25) is 20.1 Å². The van der Waals surface area contributed by atoms with Crippen LogP contribution in [0.3, 0.4) is 0 Å². The highest BCUT2D eigenvalue weighted by atomic mass is 16.5. The van der Waals surface area contributed by atoms with E-state index in [-0.39, 0.29) is 11.9 Å². The van der Waals surface area contributed by atoms with Gasteiger partial charge in [-0.25, -0.2) is 5.48 Å². The van der Waals surface area contributed by atoms with E-state index in [9.17, 15) is 14.7 Å². The van der Waals surface area contributed by atoms with Crippen LogP contribution in [0.2, 0.25) is 0 Å². The number of hydrogen-bond acceptors (Lipinski definition) is 5. The molecule has 5 N–H and O–H groups in total. The van der Waals surface area contributed by atoms with Crippen molar-refractivity contribution in [2.24, 2.45) is 0 Å². The van der Waals surface area contributed by atoms with Crippen LogP contribution in [0.25, 0.3) is 0 Å². The normalized spacial score (nSPS) is 23.6. The number of carbonyl (C=O) groups excluding carboxylic acids is 2. The second kappa shape index (κ2) is 7.35. The standard InChI is InChI=1S/C15H21N3O4/c1-9(19)13(15(21)18-22)17-14(20)12-8-7-11(16-12)10-5-3-2-4-6-10/h2-6,9,11-13,16,19,22H,7-8H2,1H3,(H,17,20)(H,18,21)/t9-,11+,12?,13+/m1/s1. The van der Waals surface area contributed by atoms with Gasteiger partial charge < -0.3 is 10.4 Å². The molecule has 1 heterocycles. The van der Waals surface area contributed by atoms with E-state index in [4.69, 9.17) is 5.21 Å². The van der Waals surface area contributed by atoms with Crippen LogP contribution in [0.1, 0.15) is 31.4 Å². The highest BCUT2D eigenvalue weighted by molar-refractivity contribution is 5.89. The summed E-state index contributed by atoms with van der Waals surface area (Å²) >= 11 is 0. The van der Waals surface area contributed by atoms with Crippen LogP contribution in [-0.2, 0) is 9.59 Å². The van der Waals surface area contributed by atoms with Crippen LogP contribution in [-0.4, -0.2) is 40.3 Å². The van der Waals surface area contributed by atoms with Crippen LogP contribution in [0.4, 0.5) is 0 Å². The summed E-state index contributed by atoms with van der Waals surface area (Å²) in [5.74, 6) is -1.21. The van der Waals surface area contributed by atoms with Crippen LogP contribution >= 0.6 is 0 Å². The summed E-state index contributed by atoms with van der Waals surface area (Å²) in [6.07, 6.45) is 0.342. The number of amides is 2. The number of aliphatic hydroxyl groups is 1. The van der Waals surface area contributed by atoms with Gasteiger partial charge in [-0.1, -0.05) is 30.3 Å². The highest BCUT2D eigenvalue weighted by Gasteiger charge is 2.33. The second-order valence-corrected chi connectivity index (χ2v) is 5.46. The number of hydroxylamine groups is 1. The molecule has 2 amide bonds. The van der Waals surface area contributed by atoms with Gasteiger partial charge in [0.25, 0.3) is 5.91 Å². The molecule has 1 saturated heterocycles. The van der Waals surface area contributed by atoms with Crippen molar-refractivity contribution >= 4 is 11.8 Å². The molecule has 1 aliphatic rings. The first-order valence-electron chi connectivity index (χ1n) is 7.26. The molecule has 120 valence electrons. The number of hydrogen-bond donors (Lipinski definition) is 5. The molecule has 0 aromatic heterocycles. The first kappa shape index (κ1) is 16.4. The topological polar surface area (TPSA) is 111 Å². The van der Waals surface area contributed by atoms with Crippen molar-refractivity contribution in [1.29, 1.82) is 0 Å². The van der Waals surface area contributed by atoms with Crippen molar-refractivity contribution in [1.82, 2.24) is 16.1 Å². The number of carbonyl (C=O) groups is 2. The zero-order valence-electron chi connectivity index (χ0n) is 12.3. The summed E-state index contributed by atoms with van der Waals surface area (Å²) in [6, 6.07) is 8.29. The molecule has 1 aromatic carbocycles. The molecule has 0 aliphatic carbocycles. The molecular formula is C15H21N3O4. The molecule has 1 unspecified atom stereocenters. The Morgan fingerprint density at radius 3 is 2.55 bits per heavy atom. The van der Waals surface area contributed by atoms with Crippen molar-refractivity contribution in [2.75, 3.05) is 0 Å². The molecule has 0 radical (unpaired) electrons. The quantitative estimate of drug-likeness (QED) is 0.384. The number of nitrogens with one attached hydrogen (secondary N) is 3. The molecular weight excluding hydrogens is 286 g/mol. The van der Waals surface area contributed by atoms with Gasteiger partial charge in [0.2, 0.25) is 5.91 Å². The van der Waals surface area contributed by atoms with Gasteiger partial charge >= 0.3 is 0 Å². The summed E-state index contributed by atoms with van der Waals surface area (Å²) in [7, 11) is 0. The van der Waals surface area contributed by atoms with Crippen LogP contribution in [0, 0.1) is 0 Å². The fourth-order valence-corrected chi connectivity index (χ4v) is 2.63. The maximum Gasteiger partial charge on any atom is 0.268 e. The molecule has 1 fully saturated rings. The van der Waals surface area contributed by atoms with E-state index >= 15 is 0 Å². The number of rotatable bonds is 5. The minimum Gasteiger partial charge on any atom is -0.391 e. The van der Waals surface area contributed by atoms with Crippen molar-refractivity contribution < 1.29 is 19.9 Å². The Bertz CT molecular complexity index is 521. The Kier molecular flexibility index (Phi) is 5.48. The maximum absolute atomic E-state index is 12.2. The smallest absolute Gasteiger partial charge is 0.268 e. The Morgan fingerprint density at radius 2 is 1.95 bits per heavy atom. The van der Waals surface area contributed by atoms with Crippen molar-refractivity contribution in [3.05, 3.63) is 35.9 Å². The Labute approximate surface area is 128 Å². The molecule has 0 spiro atoms. The Balaban J connectivity index is 1.95. The van der Waals surface area contributed by atoms with Gasteiger partial charge in [-0.15, -0.1) is 0 Å². The van der Waals surface area contributed by atoms with Crippen LogP contribution in [0.5, 0.6) is 0 Å². The van der Waals surface area contributed by atoms with Crippen LogP contribution < -0.4 is 16.1 Å². The van der Waals surface area contributed by atoms with Crippen molar-refractivity contribution in [3.8, 4) is 0 Å². The molecule has 22 heavy (non-hydrogen) atoms. The summed E-state index contributed by atoms with van der Waals surface area (Å²) in [5, 5.41) is 23.9. The zero-order chi connectivity index (χ0) is 16.1. The summed E-state index contributed by atoms with van der Waals surface area (Å²) in [5.41, 5.74) is 2.55. The monoisotopic (exact) mass is 307 g/mol. The van der Waals surface area contributed by atoms with Crippen molar-refractivity contribution in [3.63, 3.8) is 0 Å². The first-order chi connectivity index (χ1) is 10.5. The lowest BCUT2D eigenvalue weighted by molar-refractivity contribution is -0.138. The third kappa shape index (κ3) is 3.82. The van der Waals surface area contributed by atoms with Gasteiger partial charge in [0.15, 0.2) is 0 Å². The molecule has 2 rings (SSSR count). The fraction of sp³-hybridized carbons (Fsp3) is 0.467. The van der Waals surface area contributed by atoms with Crippen LogP contribution in [0.15, 0.2) is 30.3 Å².